The number of hydrogen-bond acceptors (Lipinski definition) is 5. The lowest BCUT2D eigenvalue weighted by atomic mass is 9.80. The van der Waals surface area contributed by atoms with E-state index in [9.17, 15) is 14.4 Å². The number of carbonyl (C=O) groups excluding carboxylic acids is 3. The van der Waals surface area contributed by atoms with E-state index in [-0.39, 0.29) is 24.3 Å². The smallest absolute Gasteiger partial charge is 0.410 e. The molecule has 3 fully saturated rings. The Balaban J connectivity index is 1.62. The number of ether oxygens (including phenoxy) is 2. The Morgan fingerprint density at radius 3 is 2.41 bits per heavy atom. The third kappa shape index (κ3) is 4.86. The number of benzene rings is 1. The highest BCUT2D eigenvalue weighted by molar-refractivity contribution is 6.00. The second kappa shape index (κ2) is 9.47. The number of carbonyl (C=O) groups is 3. The van der Waals surface area contributed by atoms with Crippen molar-refractivity contribution in [2.75, 3.05) is 20.2 Å². The van der Waals surface area contributed by atoms with Crippen molar-refractivity contribution in [2.45, 2.75) is 83.0 Å². The first-order valence-corrected chi connectivity index (χ1v) is 12.4. The molecule has 1 N–H and O–H groups in total. The van der Waals surface area contributed by atoms with Gasteiger partial charge in [-0.2, -0.15) is 0 Å². The minimum atomic E-state index is -1.10. The van der Waals surface area contributed by atoms with Crippen LogP contribution in [0.3, 0.4) is 0 Å². The summed E-state index contributed by atoms with van der Waals surface area (Å²) in [4.78, 5) is 43.6. The summed E-state index contributed by atoms with van der Waals surface area (Å²) in [5.74, 6) is 0.679. The molecule has 1 aliphatic carbocycles. The number of nitrogens with one attached hydrogen (secondary N) is 1. The molecule has 1 saturated carbocycles. The molecule has 3 amide bonds. The Labute approximate surface area is 201 Å². The predicted octanol–water partition coefficient (Wildman–Crippen LogP) is 3.48. The van der Waals surface area contributed by atoms with Crippen molar-refractivity contribution in [1.82, 2.24) is 15.1 Å². The summed E-state index contributed by atoms with van der Waals surface area (Å²) in [6.07, 6.45) is 5.17. The highest BCUT2D eigenvalue weighted by Crippen LogP contribution is 2.37. The van der Waals surface area contributed by atoms with Gasteiger partial charge in [0.15, 0.2) is 0 Å². The maximum absolute atomic E-state index is 13.9. The highest BCUT2D eigenvalue weighted by Gasteiger charge is 2.57. The van der Waals surface area contributed by atoms with Gasteiger partial charge in [0.2, 0.25) is 11.8 Å². The molecule has 8 nitrogen and oxygen atoms in total. The fourth-order valence-corrected chi connectivity index (χ4v) is 5.45. The number of methoxy groups -OCH3 is 1. The standard InChI is InChI=1S/C26H37N3O5/c1-25(2,3)34-24(32)28-15-14-26(17-28)23(31)27-21(19-8-6-5-7-9-19)22(30)29(26)16-18-10-12-20(33-4)13-11-18/h10-13,19,21H,5-9,14-17H2,1-4H3,(H,27,31)/t21-,26-/m1/s1. The minimum Gasteiger partial charge on any atom is -0.497 e. The van der Waals surface area contributed by atoms with Gasteiger partial charge in [-0.05, 0) is 63.6 Å². The lowest BCUT2D eigenvalue weighted by Gasteiger charge is -2.48. The van der Waals surface area contributed by atoms with Crippen LogP contribution in [0.4, 0.5) is 4.79 Å². The fraction of sp³-hybridized carbons (Fsp3) is 0.654. The summed E-state index contributed by atoms with van der Waals surface area (Å²) in [5, 5.41) is 3.08. The van der Waals surface area contributed by atoms with E-state index in [4.69, 9.17) is 9.47 Å². The topological polar surface area (TPSA) is 88.2 Å². The van der Waals surface area contributed by atoms with Crippen LogP contribution in [-0.4, -0.2) is 65.1 Å². The van der Waals surface area contributed by atoms with Crippen LogP contribution in [-0.2, 0) is 20.9 Å². The molecule has 1 spiro atoms. The van der Waals surface area contributed by atoms with Crippen LogP contribution in [0.1, 0.15) is 64.9 Å². The Morgan fingerprint density at radius 1 is 1.12 bits per heavy atom. The Hall–Kier alpha value is -2.77. The van der Waals surface area contributed by atoms with Gasteiger partial charge >= 0.3 is 6.09 Å². The molecule has 0 bridgehead atoms. The Morgan fingerprint density at radius 2 is 1.79 bits per heavy atom. The SMILES string of the molecule is COc1ccc(CN2C(=O)[C@@H](C3CCCCC3)NC(=O)[C@]23CCN(C(=O)OC(C)(C)C)C3)cc1. The summed E-state index contributed by atoms with van der Waals surface area (Å²) in [6, 6.07) is 7.05. The molecule has 2 saturated heterocycles. The molecule has 4 rings (SSSR count). The summed E-state index contributed by atoms with van der Waals surface area (Å²) in [6.45, 7) is 6.26. The van der Waals surface area contributed by atoms with Crippen molar-refractivity contribution in [2.24, 2.45) is 5.92 Å². The van der Waals surface area contributed by atoms with E-state index in [0.717, 1.165) is 37.0 Å². The zero-order valence-corrected chi connectivity index (χ0v) is 20.8. The first kappa shape index (κ1) is 24.4. The molecule has 1 aromatic carbocycles. The third-order valence-corrected chi connectivity index (χ3v) is 7.28. The van der Waals surface area contributed by atoms with E-state index in [1.807, 2.05) is 45.0 Å². The van der Waals surface area contributed by atoms with Crippen LogP contribution in [0, 0.1) is 5.92 Å². The Kier molecular flexibility index (Phi) is 6.78. The zero-order valence-electron chi connectivity index (χ0n) is 20.8. The summed E-state index contributed by atoms with van der Waals surface area (Å²) >= 11 is 0. The zero-order chi connectivity index (χ0) is 24.5. The summed E-state index contributed by atoms with van der Waals surface area (Å²) < 4.78 is 10.8. The van der Waals surface area contributed by atoms with E-state index in [1.54, 1.807) is 16.9 Å². The van der Waals surface area contributed by atoms with Crippen LogP contribution < -0.4 is 10.1 Å². The second-order valence-corrected chi connectivity index (χ2v) is 10.8. The van der Waals surface area contributed by atoms with Gasteiger partial charge in [-0.1, -0.05) is 31.4 Å². The molecule has 0 unspecified atom stereocenters. The van der Waals surface area contributed by atoms with Crippen molar-refractivity contribution in [3.63, 3.8) is 0 Å². The van der Waals surface area contributed by atoms with Crippen LogP contribution in [0.15, 0.2) is 24.3 Å². The van der Waals surface area contributed by atoms with Gasteiger partial charge in [-0.25, -0.2) is 4.79 Å². The van der Waals surface area contributed by atoms with Gasteiger partial charge in [0, 0.05) is 13.1 Å². The average molecular weight is 472 g/mol. The van der Waals surface area contributed by atoms with Crippen LogP contribution in [0.5, 0.6) is 5.75 Å². The largest absolute Gasteiger partial charge is 0.497 e. The molecule has 2 atom stereocenters. The van der Waals surface area contributed by atoms with E-state index < -0.39 is 23.3 Å². The number of hydrogen-bond donors (Lipinski definition) is 1. The van der Waals surface area contributed by atoms with E-state index >= 15 is 0 Å². The molecule has 34 heavy (non-hydrogen) atoms. The quantitative estimate of drug-likeness (QED) is 0.726. The van der Waals surface area contributed by atoms with E-state index in [2.05, 4.69) is 5.32 Å². The lowest BCUT2D eigenvalue weighted by Crippen LogP contribution is -2.72. The van der Waals surface area contributed by atoms with Crippen LogP contribution >= 0.6 is 0 Å². The molecule has 0 aromatic heterocycles. The minimum absolute atomic E-state index is 0.0478. The normalized spacial score (nSPS) is 26.1. The van der Waals surface area contributed by atoms with Gasteiger partial charge in [0.1, 0.15) is 22.9 Å². The third-order valence-electron chi connectivity index (χ3n) is 7.28. The number of likely N-dealkylation sites (tertiary alicyclic amines) is 1. The van der Waals surface area contributed by atoms with Crippen molar-refractivity contribution in [3.8, 4) is 5.75 Å². The molecule has 0 radical (unpaired) electrons. The van der Waals surface area contributed by atoms with Gasteiger partial charge < -0.3 is 24.6 Å². The molecule has 2 heterocycles. The first-order chi connectivity index (χ1) is 16.1. The molecule has 8 heteroatoms. The van der Waals surface area contributed by atoms with Crippen molar-refractivity contribution < 1.29 is 23.9 Å². The van der Waals surface area contributed by atoms with Gasteiger partial charge in [0.05, 0.1) is 13.7 Å². The van der Waals surface area contributed by atoms with E-state index in [0.29, 0.717) is 19.5 Å². The predicted molar refractivity (Wildman–Crippen MR) is 127 cm³/mol. The Bertz CT molecular complexity index is 919. The summed E-state index contributed by atoms with van der Waals surface area (Å²) in [7, 11) is 1.61. The first-order valence-electron chi connectivity index (χ1n) is 12.4. The van der Waals surface area contributed by atoms with Gasteiger partial charge in [0.25, 0.3) is 0 Å². The van der Waals surface area contributed by atoms with Gasteiger partial charge in [-0.15, -0.1) is 0 Å². The van der Waals surface area contributed by atoms with Crippen LogP contribution in [0.2, 0.25) is 0 Å². The molecule has 186 valence electrons. The fourth-order valence-electron chi connectivity index (χ4n) is 5.45. The monoisotopic (exact) mass is 471 g/mol. The van der Waals surface area contributed by atoms with E-state index in [1.165, 1.54) is 6.42 Å². The maximum Gasteiger partial charge on any atom is 0.410 e. The molecular formula is C26H37N3O5. The second-order valence-electron chi connectivity index (χ2n) is 10.8. The van der Waals surface area contributed by atoms with Crippen molar-refractivity contribution >= 4 is 17.9 Å². The molecular weight excluding hydrogens is 434 g/mol. The van der Waals surface area contributed by atoms with Crippen LogP contribution in [0.25, 0.3) is 0 Å². The van der Waals surface area contributed by atoms with Crippen molar-refractivity contribution in [3.05, 3.63) is 29.8 Å². The number of nitrogens with zero attached hydrogens (tertiary/aromatic N) is 2. The summed E-state index contributed by atoms with van der Waals surface area (Å²) in [5.41, 5.74) is -0.813. The average Bonchev–Trinajstić information content (AvgIpc) is 3.26. The number of amides is 3. The van der Waals surface area contributed by atoms with Crippen molar-refractivity contribution in [1.29, 1.82) is 0 Å². The molecule has 3 aliphatic rings. The van der Waals surface area contributed by atoms with Gasteiger partial charge in [-0.3, -0.25) is 9.59 Å². The molecule has 1 aromatic rings. The number of rotatable bonds is 4. The highest BCUT2D eigenvalue weighted by atomic mass is 16.6. The number of piperazine rings is 1. The lowest BCUT2D eigenvalue weighted by molar-refractivity contribution is -0.159. The molecule has 2 aliphatic heterocycles. The maximum atomic E-state index is 13.9.